The van der Waals surface area contributed by atoms with Gasteiger partial charge in [0.1, 0.15) is 11.5 Å². The van der Waals surface area contributed by atoms with Crippen LogP contribution in [-0.4, -0.2) is 23.3 Å². The predicted molar refractivity (Wildman–Crippen MR) is 47.2 cm³/mol. The summed E-state index contributed by atoms with van der Waals surface area (Å²) in [5, 5.41) is 2.51. The summed E-state index contributed by atoms with van der Waals surface area (Å²) in [6.07, 6.45) is 0.996. The molecule has 5 heteroatoms. The Morgan fingerprint density at radius 3 is 2.92 bits per heavy atom. The molecule has 1 heterocycles. The molecule has 70 valence electrons. The molecule has 0 bridgehead atoms. The lowest BCUT2D eigenvalue weighted by molar-refractivity contribution is 0.0951. The van der Waals surface area contributed by atoms with Crippen LogP contribution in [0.4, 0.5) is 4.39 Å². The van der Waals surface area contributed by atoms with E-state index >= 15 is 0 Å². The molecule has 0 fully saturated rings. The SMILES string of the molecule is O=C(NCCCl)c1ccc(F)cn1. The third-order valence-corrected chi connectivity index (χ3v) is 1.53. The fourth-order valence-electron chi connectivity index (χ4n) is 0.761. The van der Waals surface area contributed by atoms with Gasteiger partial charge < -0.3 is 5.32 Å². The summed E-state index contributed by atoms with van der Waals surface area (Å²) in [7, 11) is 0. The van der Waals surface area contributed by atoms with Crippen LogP contribution in [0.15, 0.2) is 18.3 Å². The van der Waals surface area contributed by atoms with E-state index in [1.54, 1.807) is 0 Å². The van der Waals surface area contributed by atoms with Crippen molar-refractivity contribution in [3.63, 3.8) is 0 Å². The number of hydrogen-bond donors (Lipinski definition) is 1. The van der Waals surface area contributed by atoms with Crippen molar-refractivity contribution in [3.8, 4) is 0 Å². The van der Waals surface area contributed by atoms with Crippen molar-refractivity contribution in [1.29, 1.82) is 0 Å². The second kappa shape index (κ2) is 4.77. The molecule has 0 unspecified atom stereocenters. The van der Waals surface area contributed by atoms with Gasteiger partial charge >= 0.3 is 0 Å². The Hall–Kier alpha value is -1.16. The Morgan fingerprint density at radius 1 is 1.62 bits per heavy atom. The Kier molecular flexibility index (Phi) is 3.64. The number of nitrogens with zero attached hydrogens (tertiary/aromatic N) is 1. The Labute approximate surface area is 79.9 Å². The van der Waals surface area contributed by atoms with Crippen LogP contribution >= 0.6 is 11.6 Å². The van der Waals surface area contributed by atoms with Gasteiger partial charge in [0.2, 0.25) is 0 Å². The number of rotatable bonds is 3. The van der Waals surface area contributed by atoms with E-state index in [0.29, 0.717) is 12.4 Å². The van der Waals surface area contributed by atoms with Gasteiger partial charge in [-0.1, -0.05) is 0 Å². The second-order valence-electron chi connectivity index (χ2n) is 2.31. The molecule has 1 N–H and O–H groups in total. The monoisotopic (exact) mass is 202 g/mol. The minimum absolute atomic E-state index is 0.187. The summed E-state index contributed by atoms with van der Waals surface area (Å²) in [4.78, 5) is 14.8. The minimum atomic E-state index is -0.464. The van der Waals surface area contributed by atoms with Crippen LogP contribution in [0.2, 0.25) is 0 Å². The molecule has 0 aromatic carbocycles. The molecule has 1 aromatic rings. The molecule has 0 atom stereocenters. The Morgan fingerprint density at radius 2 is 2.38 bits per heavy atom. The molecule has 0 saturated heterocycles. The van der Waals surface area contributed by atoms with E-state index in [4.69, 9.17) is 11.6 Å². The highest BCUT2D eigenvalue weighted by Gasteiger charge is 2.04. The van der Waals surface area contributed by atoms with Gasteiger partial charge in [-0.05, 0) is 12.1 Å². The predicted octanol–water partition coefficient (Wildman–Crippen LogP) is 1.19. The largest absolute Gasteiger partial charge is 0.350 e. The zero-order valence-corrected chi connectivity index (χ0v) is 7.51. The summed E-state index contributed by atoms with van der Waals surface area (Å²) < 4.78 is 12.4. The highest BCUT2D eigenvalue weighted by molar-refractivity contribution is 6.18. The minimum Gasteiger partial charge on any atom is -0.350 e. The zero-order valence-electron chi connectivity index (χ0n) is 6.76. The smallest absolute Gasteiger partial charge is 0.269 e. The molecule has 0 aliphatic rings. The van der Waals surface area contributed by atoms with Crippen LogP contribution in [0.5, 0.6) is 0 Å². The molecule has 0 aliphatic heterocycles. The van der Waals surface area contributed by atoms with E-state index < -0.39 is 5.82 Å². The van der Waals surface area contributed by atoms with Crippen molar-refractivity contribution in [2.45, 2.75) is 0 Å². The second-order valence-corrected chi connectivity index (χ2v) is 2.68. The molecule has 13 heavy (non-hydrogen) atoms. The lowest BCUT2D eigenvalue weighted by Gasteiger charge is -2.00. The van der Waals surface area contributed by atoms with Gasteiger partial charge in [0.05, 0.1) is 6.20 Å². The number of halogens is 2. The number of carbonyl (C=O) groups is 1. The molecule has 1 aromatic heterocycles. The van der Waals surface area contributed by atoms with Gasteiger partial charge in [-0.15, -0.1) is 11.6 Å². The van der Waals surface area contributed by atoms with Gasteiger partial charge in [0, 0.05) is 12.4 Å². The third-order valence-electron chi connectivity index (χ3n) is 1.34. The molecular weight excluding hydrogens is 195 g/mol. The molecule has 0 spiro atoms. The molecule has 3 nitrogen and oxygen atoms in total. The molecule has 0 aliphatic carbocycles. The van der Waals surface area contributed by atoms with E-state index in [9.17, 15) is 9.18 Å². The number of hydrogen-bond acceptors (Lipinski definition) is 2. The number of nitrogens with one attached hydrogen (secondary N) is 1. The third kappa shape index (κ3) is 2.99. The average molecular weight is 203 g/mol. The number of alkyl halides is 1. The van der Waals surface area contributed by atoms with Gasteiger partial charge in [0.15, 0.2) is 0 Å². The van der Waals surface area contributed by atoms with Crippen LogP contribution in [0, 0.1) is 5.82 Å². The first-order valence-electron chi connectivity index (χ1n) is 3.70. The van der Waals surface area contributed by atoms with Gasteiger partial charge in [0.25, 0.3) is 5.91 Å². The average Bonchev–Trinajstić information content (AvgIpc) is 2.15. The standard InChI is InChI=1S/C8H8ClFN2O/c9-3-4-11-8(13)7-2-1-6(10)5-12-7/h1-2,5H,3-4H2,(H,11,13). The topological polar surface area (TPSA) is 42.0 Å². The fourth-order valence-corrected chi connectivity index (χ4v) is 0.856. The van der Waals surface area contributed by atoms with Crippen molar-refractivity contribution in [2.75, 3.05) is 12.4 Å². The lowest BCUT2D eigenvalue weighted by atomic mass is 10.3. The highest BCUT2D eigenvalue weighted by Crippen LogP contribution is 1.97. The summed E-state index contributed by atoms with van der Waals surface area (Å²) in [5.74, 6) is -0.470. The molecular formula is C8H8ClFN2O. The lowest BCUT2D eigenvalue weighted by Crippen LogP contribution is -2.26. The maximum atomic E-state index is 12.4. The van der Waals surface area contributed by atoms with Crippen LogP contribution in [0.3, 0.4) is 0 Å². The maximum Gasteiger partial charge on any atom is 0.269 e. The van der Waals surface area contributed by atoms with Gasteiger partial charge in [-0.3, -0.25) is 4.79 Å². The van der Waals surface area contributed by atoms with E-state index in [1.807, 2.05) is 0 Å². The quantitative estimate of drug-likeness (QED) is 0.749. The first-order chi connectivity index (χ1) is 6.24. The summed E-state index contributed by atoms with van der Waals surface area (Å²) in [6.45, 7) is 0.374. The number of carbonyl (C=O) groups excluding carboxylic acids is 1. The van der Waals surface area contributed by atoms with Crippen LogP contribution in [0.25, 0.3) is 0 Å². The maximum absolute atomic E-state index is 12.4. The fraction of sp³-hybridized carbons (Fsp3) is 0.250. The van der Waals surface area contributed by atoms with Crippen molar-refractivity contribution in [2.24, 2.45) is 0 Å². The highest BCUT2D eigenvalue weighted by atomic mass is 35.5. The first kappa shape index (κ1) is 9.92. The number of pyridine rings is 1. The van der Waals surface area contributed by atoms with E-state index in [0.717, 1.165) is 6.20 Å². The van der Waals surface area contributed by atoms with Gasteiger partial charge in [-0.2, -0.15) is 0 Å². The van der Waals surface area contributed by atoms with Crippen LogP contribution in [-0.2, 0) is 0 Å². The molecule has 1 amide bonds. The summed E-state index contributed by atoms with van der Waals surface area (Å²) in [5.41, 5.74) is 0.187. The van der Waals surface area contributed by atoms with Crippen molar-refractivity contribution in [1.82, 2.24) is 10.3 Å². The van der Waals surface area contributed by atoms with Crippen molar-refractivity contribution < 1.29 is 9.18 Å². The summed E-state index contributed by atoms with van der Waals surface area (Å²) in [6, 6.07) is 2.50. The van der Waals surface area contributed by atoms with Crippen LogP contribution in [0.1, 0.15) is 10.5 Å². The summed E-state index contributed by atoms with van der Waals surface area (Å²) >= 11 is 5.36. The Bertz CT molecular complexity index is 289. The van der Waals surface area contributed by atoms with Crippen molar-refractivity contribution in [3.05, 3.63) is 29.8 Å². The number of amides is 1. The van der Waals surface area contributed by atoms with E-state index in [1.165, 1.54) is 12.1 Å². The van der Waals surface area contributed by atoms with E-state index in [-0.39, 0.29) is 11.6 Å². The molecule has 0 radical (unpaired) electrons. The molecule has 1 rings (SSSR count). The van der Waals surface area contributed by atoms with Crippen LogP contribution < -0.4 is 5.32 Å². The van der Waals surface area contributed by atoms with Gasteiger partial charge in [-0.25, -0.2) is 9.37 Å². The Balaban J connectivity index is 2.61. The first-order valence-corrected chi connectivity index (χ1v) is 4.23. The van der Waals surface area contributed by atoms with Crippen molar-refractivity contribution >= 4 is 17.5 Å². The molecule has 0 saturated carbocycles. The van der Waals surface area contributed by atoms with E-state index in [2.05, 4.69) is 10.3 Å². The number of aromatic nitrogens is 1. The zero-order chi connectivity index (χ0) is 9.68. The normalized spacial score (nSPS) is 9.69.